The van der Waals surface area contributed by atoms with Gasteiger partial charge in [-0.1, -0.05) is 27.5 Å². The Hall–Kier alpha value is -0.750. The standard InChI is InChI=1S/C9H6BrClF3NO/c10-4-8(16)15-5-1-2-7(11)6(3-5)9(12,13)14/h1-3H,4H2,(H,15,16). The van der Waals surface area contributed by atoms with Crippen molar-refractivity contribution in [2.45, 2.75) is 6.18 Å². The highest BCUT2D eigenvalue weighted by molar-refractivity contribution is 9.09. The zero-order valence-corrected chi connectivity index (χ0v) is 10.1. The van der Waals surface area contributed by atoms with E-state index in [0.29, 0.717) is 0 Å². The molecule has 0 aliphatic rings. The number of nitrogens with one attached hydrogen (secondary N) is 1. The maximum absolute atomic E-state index is 12.4. The van der Waals surface area contributed by atoms with E-state index in [1.165, 1.54) is 6.07 Å². The molecular formula is C9H6BrClF3NO. The Kier molecular flexibility index (Phi) is 4.21. The number of carbonyl (C=O) groups excluding carboxylic acids is 1. The van der Waals surface area contributed by atoms with Crippen molar-refractivity contribution in [1.29, 1.82) is 0 Å². The van der Waals surface area contributed by atoms with Crippen LogP contribution in [0, 0.1) is 0 Å². The third-order valence-corrected chi connectivity index (χ3v) is 2.52. The maximum atomic E-state index is 12.4. The second-order valence-electron chi connectivity index (χ2n) is 2.87. The summed E-state index contributed by atoms with van der Waals surface area (Å²) in [5.41, 5.74) is -0.914. The van der Waals surface area contributed by atoms with Gasteiger partial charge in [-0.05, 0) is 18.2 Å². The third-order valence-electron chi connectivity index (χ3n) is 1.68. The van der Waals surface area contributed by atoms with Gasteiger partial charge in [-0.2, -0.15) is 13.2 Å². The van der Waals surface area contributed by atoms with Gasteiger partial charge in [-0.3, -0.25) is 4.79 Å². The number of alkyl halides is 4. The molecule has 16 heavy (non-hydrogen) atoms. The summed E-state index contributed by atoms with van der Waals surface area (Å²) in [6, 6.07) is 3.19. The minimum atomic E-state index is -4.54. The van der Waals surface area contributed by atoms with E-state index in [4.69, 9.17) is 11.6 Å². The predicted molar refractivity (Wildman–Crippen MR) is 58.9 cm³/mol. The molecule has 0 spiro atoms. The Balaban J connectivity index is 3.03. The van der Waals surface area contributed by atoms with E-state index in [-0.39, 0.29) is 11.0 Å². The highest BCUT2D eigenvalue weighted by Crippen LogP contribution is 2.36. The lowest BCUT2D eigenvalue weighted by Crippen LogP contribution is -2.13. The summed E-state index contributed by atoms with van der Waals surface area (Å²) >= 11 is 8.29. The molecule has 0 atom stereocenters. The molecule has 0 aromatic heterocycles. The SMILES string of the molecule is O=C(CBr)Nc1ccc(Cl)c(C(F)(F)F)c1. The molecule has 0 fully saturated rings. The summed E-state index contributed by atoms with van der Waals surface area (Å²) in [5.74, 6) is -0.435. The van der Waals surface area contributed by atoms with E-state index in [1.807, 2.05) is 0 Å². The minimum absolute atomic E-state index is 0.0109. The molecule has 0 unspecified atom stereocenters. The molecule has 7 heteroatoms. The number of amides is 1. The molecule has 0 radical (unpaired) electrons. The summed E-state index contributed by atoms with van der Waals surface area (Å²) < 4.78 is 37.3. The maximum Gasteiger partial charge on any atom is 0.417 e. The van der Waals surface area contributed by atoms with Crippen LogP contribution in [0.5, 0.6) is 0 Å². The number of anilines is 1. The second kappa shape index (κ2) is 5.05. The lowest BCUT2D eigenvalue weighted by atomic mass is 10.2. The first-order valence-electron chi connectivity index (χ1n) is 4.07. The first-order chi connectivity index (χ1) is 7.34. The molecule has 0 bridgehead atoms. The first kappa shape index (κ1) is 13.3. The summed E-state index contributed by atoms with van der Waals surface area (Å²) in [5, 5.41) is 1.90. The first-order valence-corrected chi connectivity index (χ1v) is 5.57. The van der Waals surface area contributed by atoms with Gasteiger partial charge in [0.15, 0.2) is 0 Å². The van der Waals surface area contributed by atoms with Crippen molar-refractivity contribution in [1.82, 2.24) is 0 Å². The van der Waals surface area contributed by atoms with E-state index >= 15 is 0 Å². The minimum Gasteiger partial charge on any atom is -0.325 e. The summed E-state index contributed by atoms with van der Waals surface area (Å²) in [7, 11) is 0. The van der Waals surface area contributed by atoms with E-state index in [2.05, 4.69) is 21.2 Å². The largest absolute Gasteiger partial charge is 0.417 e. The number of halogens is 5. The normalized spacial score (nSPS) is 11.3. The highest BCUT2D eigenvalue weighted by Gasteiger charge is 2.33. The number of rotatable bonds is 2. The Morgan fingerprint density at radius 2 is 2.06 bits per heavy atom. The van der Waals surface area contributed by atoms with Gasteiger partial charge in [0.2, 0.25) is 5.91 Å². The van der Waals surface area contributed by atoms with Crippen molar-refractivity contribution in [3.63, 3.8) is 0 Å². The van der Waals surface area contributed by atoms with Gasteiger partial charge >= 0.3 is 6.18 Å². The Labute approximate surface area is 103 Å². The molecule has 88 valence electrons. The molecule has 1 rings (SSSR count). The fourth-order valence-electron chi connectivity index (χ4n) is 1.01. The van der Waals surface area contributed by atoms with Gasteiger partial charge in [0.1, 0.15) is 0 Å². The van der Waals surface area contributed by atoms with Gasteiger partial charge < -0.3 is 5.32 Å². The zero-order chi connectivity index (χ0) is 12.3. The van der Waals surface area contributed by atoms with E-state index in [9.17, 15) is 18.0 Å². The van der Waals surface area contributed by atoms with Crippen LogP contribution in [0.2, 0.25) is 5.02 Å². The van der Waals surface area contributed by atoms with Crippen molar-refractivity contribution >= 4 is 39.1 Å². The quantitative estimate of drug-likeness (QED) is 0.828. The van der Waals surface area contributed by atoms with E-state index in [1.54, 1.807) is 0 Å². The molecule has 1 aromatic carbocycles. The molecule has 0 aliphatic carbocycles. The van der Waals surface area contributed by atoms with Crippen LogP contribution in [0.4, 0.5) is 18.9 Å². The second-order valence-corrected chi connectivity index (χ2v) is 3.84. The van der Waals surface area contributed by atoms with Gasteiger partial charge in [0.25, 0.3) is 0 Å². The Morgan fingerprint density at radius 3 is 2.56 bits per heavy atom. The highest BCUT2D eigenvalue weighted by atomic mass is 79.9. The Bertz CT molecular complexity index is 408. The van der Waals surface area contributed by atoms with Crippen molar-refractivity contribution in [3.8, 4) is 0 Å². The molecule has 1 amide bonds. The van der Waals surface area contributed by atoms with Gasteiger partial charge in [-0.15, -0.1) is 0 Å². The van der Waals surface area contributed by atoms with Crippen molar-refractivity contribution in [3.05, 3.63) is 28.8 Å². The van der Waals surface area contributed by atoms with Gasteiger partial charge in [0.05, 0.1) is 15.9 Å². The molecule has 0 heterocycles. The number of benzene rings is 1. The lowest BCUT2D eigenvalue weighted by molar-refractivity contribution is -0.137. The smallest absolute Gasteiger partial charge is 0.325 e. The third kappa shape index (κ3) is 3.38. The van der Waals surface area contributed by atoms with Crippen LogP contribution in [-0.2, 0) is 11.0 Å². The fourth-order valence-corrected chi connectivity index (χ4v) is 1.38. The van der Waals surface area contributed by atoms with Crippen LogP contribution in [0.3, 0.4) is 0 Å². The van der Waals surface area contributed by atoms with Crippen LogP contribution in [0.1, 0.15) is 5.56 Å². The Morgan fingerprint density at radius 1 is 1.44 bits per heavy atom. The number of carbonyl (C=O) groups is 1. The van der Waals surface area contributed by atoms with Gasteiger partial charge in [-0.25, -0.2) is 0 Å². The predicted octanol–water partition coefficient (Wildman–Crippen LogP) is 3.69. The lowest BCUT2D eigenvalue weighted by Gasteiger charge is -2.11. The van der Waals surface area contributed by atoms with Crippen LogP contribution < -0.4 is 5.32 Å². The average molecular weight is 317 g/mol. The van der Waals surface area contributed by atoms with Crippen molar-refractivity contribution in [2.75, 3.05) is 10.6 Å². The summed E-state index contributed by atoms with van der Waals surface area (Å²) in [4.78, 5) is 11.0. The number of hydrogen-bond donors (Lipinski definition) is 1. The van der Waals surface area contributed by atoms with E-state index in [0.717, 1.165) is 12.1 Å². The van der Waals surface area contributed by atoms with Crippen molar-refractivity contribution in [2.24, 2.45) is 0 Å². The average Bonchev–Trinajstić information content (AvgIpc) is 2.19. The topological polar surface area (TPSA) is 29.1 Å². The molecular weight excluding hydrogens is 310 g/mol. The monoisotopic (exact) mass is 315 g/mol. The van der Waals surface area contributed by atoms with Gasteiger partial charge in [0, 0.05) is 5.69 Å². The number of hydrogen-bond acceptors (Lipinski definition) is 1. The molecule has 2 nitrogen and oxygen atoms in total. The molecule has 0 saturated carbocycles. The summed E-state index contributed by atoms with van der Waals surface area (Å²) in [6.45, 7) is 0. The zero-order valence-electron chi connectivity index (χ0n) is 7.74. The fraction of sp³-hybridized carbons (Fsp3) is 0.222. The van der Waals surface area contributed by atoms with E-state index < -0.39 is 22.7 Å². The molecule has 1 aromatic rings. The van der Waals surface area contributed by atoms with Crippen LogP contribution >= 0.6 is 27.5 Å². The van der Waals surface area contributed by atoms with Crippen LogP contribution in [-0.4, -0.2) is 11.2 Å². The van der Waals surface area contributed by atoms with Crippen LogP contribution in [0.25, 0.3) is 0 Å². The molecule has 0 saturated heterocycles. The summed E-state index contributed by atoms with van der Waals surface area (Å²) in [6.07, 6.45) is -4.54. The van der Waals surface area contributed by atoms with Crippen molar-refractivity contribution < 1.29 is 18.0 Å². The van der Waals surface area contributed by atoms with Crippen LogP contribution in [0.15, 0.2) is 18.2 Å². The molecule has 1 N–H and O–H groups in total. The molecule has 0 aliphatic heterocycles.